The normalized spacial score (nSPS) is 25.4. The first-order valence-corrected chi connectivity index (χ1v) is 5.41. The molecule has 0 bridgehead atoms. The van der Waals surface area contributed by atoms with Crippen molar-refractivity contribution in [2.75, 3.05) is 11.9 Å². The zero-order valence-electron chi connectivity index (χ0n) is 9.07. The third-order valence-electron chi connectivity index (χ3n) is 2.87. The van der Waals surface area contributed by atoms with Crippen LogP contribution in [0.4, 0.5) is 10.4 Å². The molecule has 1 saturated heterocycles. The zero-order chi connectivity index (χ0) is 9.80. The van der Waals surface area contributed by atoms with Crippen LogP contribution in [-0.2, 0) is 0 Å². The highest BCUT2D eigenvalue weighted by molar-refractivity contribution is 5.43. The lowest BCUT2D eigenvalue weighted by atomic mass is 9.98. The number of halogens is 1. The summed E-state index contributed by atoms with van der Waals surface area (Å²) in [6, 6.07) is 10.4. The average molecular weight is 210 g/mol. The van der Waals surface area contributed by atoms with Crippen molar-refractivity contribution >= 4 is 5.69 Å². The van der Waals surface area contributed by atoms with Crippen molar-refractivity contribution in [3.05, 3.63) is 30.3 Å². The Morgan fingerprint density at radius 1 is 1.27 bits per heavy atom. The van der Waals surface area contributed by atoms with E-state index in [9.17, 15) is 0 Å². The molecule has 0 spiro atoms. The van der Waals surface area contributed by atoms with Gasteiger partial charge in [0.1, 0.15) is 0 Å². The molecule has 2 unspecified atom stereocenters. The third-order valence-corrected chi connectivity index (χ3v) is 2.87. The maximum Gasteiger partial charge on any atom is 0.0794 e. The van der Waals surface area contributed by atoms with Crippen LogP contribution in [-0.4, -0.2) is 12.7 Å². The van der Waals surface area contributed by atoms with Crippen LogP contribution in [0.5, 0.6) is 0 Å². The highest BCUT2D eigenvalue weighted by Gasteiger charge is 2.19. The van der Waals surface area contributed by atoms with Gasteiger partial charge in [0, 0.05) is 5.69 Å². The SMILES string of the molecule is CC1CCCNC1Nc1ccccc1.F. The van der Waals surface area contributed by atoms with E-state index in [4.69, 9.17) is 0 Å². The first-order chi connectivity index (χ1) is 6.86. The fourth-order valence-electron chi connectivity index (χ4n) is 1.96. The van der Waals surface area contributed by atoms with Crippen molar-refractivity contribution in [2.24, 2.45) is 5.92 Å². The van der Waals surface area contributed by atoms with Gasteiger partial charge in [-0.05, 0) is 37.4 Å². The van der Waals surface area contributed by atoms with Crippen molar-refractivity contribution in [1.82, 2.24) is 5.32 Å². The molecule has 1 fully saturated rings. The topological polar surface area (TPSA) is 24.1 Å². The highest BCUT2D eigenvalue weighted by Crippen LogP contribution is 2.17. The van der Waals surface area contributed by atoms with Crippen LogP contribution < -0.4 is 10.6 Å². The number of benzene rings is 1. The first kappa shape index (κ1) is 12.0. The van der Waals surface area contributed by atoms with Gasteiger partial charge in [-0.3, -0.25) is 10.0 Å². The Bertz CT molecular complexity index is 276. The van der Waals surface area contributed by atoms with Crippen LogP contribution in [0.2, 0.25) is 0 Å². The molecule has 0 aliphatic carbocycles. The molecule has 1 aliphatic rings. The molecule has 15 heavy (non-hydrogen) atoms. The molecule has 2 N–H and O–H groups in total. The van der Waals surface area contributed by atoms with Crippen molar-refractivity contribution in [3.8, 4) is 0 Å². The van der Waals surface area contributed by atoms with Gasteiger partial charge in [0.15, 0.2) is 0 Å². The molecular formula is C12H19FN2. The van der Waals surface area contributed by atoms with Crippen LogP contribution in [0.25, 0.3) is 0 Å². The lowest BCUT2D eigenvalue weighted by molar-refractivity contribution is 0.326. The minimum atomic E-state index is 0. The molecule has 3 heteroatoms. The van der Waals surface area contributed by atoms with Gasteiger partial charge in [-0.2, -0.15) is 0 Å². The number of nitrogens with one attached hydrogen (secondary N) is 2. The average Bonchev–Trinajstić information content (AvgIpc) is 2.23. The van der Waals surface area contributed by atoms with E-state index in [1.807, 2.05) is 6.07 Å². The summed E-state index contributed by atoms with van der Waals surface area (Å²) in [6.07, 6.45) is 3.05. The van der Waals surface area contributed by atoms with Crippen LogP contribution in [0.15, 0.2) is 30.3 Å². The monoisotopic (exact) mass is 210 g/mol. The predicted octanol–water partition coefficient (Wildman–Crippen LogP) is 2.60. The molecular weight excluding hydrogens is 191 g/mol. The Hall–Kier alpha value is -1.09. The van der Waals surface area contributed by atoms with Gasteiger partial charge >= 0.3 is 0 Å². The van der Waals surface area contributed by atoms with Crippen LogP contribution in [0.1, 0.15) is 19.8 Å². The van der Waals surface area contributed by atoms with Gasteiger partial charge in [-0.1, -0.05) is 25.1 Å². The molecule has 2 rings (SSSR count). The number of rotatable bonds is 2. The molecule has 84 valence electrons. The second-order valence-corrected chi connectivity index (χ2v) is 4.06. The molecule has 0 aromatic heterocycles. The highest BCUT2D eigenvalue weighted by atomic mass is 19.0. The van der Waals surface area contributed by atoms with E-state index in [2.05, 4.69) is 41.8 Å². The summed E-state index contributed by atoms with van der Waals surface area (Å²) < 4.78 is 0. The third kappa shape index (κ3) is 3.20. The molecule has 2 nitrogen and oxygen atoms in total. The number of hydrogen-bond donors (Lipinski definition) is 2. The predicted molar refractivity (Wildman–Crippen MR) is 62.8 cm³/mol. The summed E-state index contributed by atoms with van der Waals surface area (Å²) in [5, 5.41) is 7.03. The molecule has 1 aromatic rings. The zero-order valence-corrected chi connectivity index (χ0v) is 9.07. The van der Waals surface area contributed by atoms with Crippen LogP contribution in [0, 0.1) is 5.92 Å². The molecule has 0 saturated carbocycles. The molecule has 2 atom stereocenters. The summed E-state index contributed by atoms with van der Waals surface area (Å²) in [7, 11) is 0. The fourth-order valence-corrected chi connectivity index (χ4v) is 1.96. The lowest BCUT2D eigenvalue weighted by Crippen LogP contribution is -2.45. The second-order valence-electron chi connectivity index (χ2n) is 4.06. The first-order valence-electron chi connectivity index (χ1n) is 5.41. The Labute approximate surface area is 90.4 Å². The van der Waals surface area contributed by atoms with E-state index < -0.39 is 0 Å². The van der Waals surface area contributed by atoms with E-state index in [0.717, 1.165) is 6.54 Å². The van der Waals surface area contributed by atoms with Crippen molar-refractivity contribution in [2.45, 2.75) is 25.9 Å². The molecule has 1 aromatic carbocycles. The van der Waals surface area contributed by atoms with Gasteiger partial charge in [0.05, 0.1) is 6.17 Å². The van der Waals surface area contributed by atoms with Crippen molar-refractivity contribution < 1.29 is 4.70 Å². The van der Waals surface area contributed by atoms with Crippen molar-refractivity contribution in [1.29, 1.82) is 0 Å². The van der Waals surface area contributed by atoms with Gasteiger partial charge in [0.25, 0.3) is 0 Å². The smallest absolute Gasteiger partial charge is 0.0794 e. The van der Waals surface area contributed by atoms with E-state index in [-0.39, 0.29) is 4.70 Å². The molecule has 0 amide bonds. The maximum atomic E-state index is 3.52. The summed E-state index contributed by atoms with van der Waals surface area (Å²) in [4.78, 5) is 0. The number of para-hydroxylation sites is 1. The molecule has 1 aliphatic heterocycles. The van der Waals surface area contributed by atoms with E-state index in [1.54, 1.807) is 0 Å². The molecule has 0 radical (unpaired) electrons. The van der Waals surface area contributed by atoms with E-state index in [1.165, 1.54) is 18.5 Å². The Morgan fingerprint density at radius 3 is 2.67 bits per heavy atom. The van der Waals surface area contributed by atoms with Gasteiger partial charge in [-0.25, -0.2) is 0 Å². The largest absolute Gasteiger partial charge is 0.370 e. The summed E-state index contributed by atoms with van der Waals surface area (Å²) in [5.74, 6) is 0.712. The lowest BCUT2D eigenvalue weighted by Gasteiger charge is -2.31. The summed E-state index contributed by atoms with van der Waals surface area (Å²) >= 11 is 0. The van der Waals surface area contributed by atoms with Crippen LogP contribution >= 0.6 is 0 Å². The second kappa shape index (κ2) is 5.71. The van der Waals surface area contributed by atoms with Gasteiger partial charge in [0.2, 0.25) is 0 Å². The summed E-state index contributed by atoms with van der Waals surface area (Å²) in [6.45, 7) is 3.43. The molecule has 1 heterocycles. The van der Waals surface area contributed by atoms with Crippen molar-refractivity contribution in [3.63, 3.8) is 0 Å². The van der Waals surface area contributed by atoms with Gasteiger partial charge in [-0.15, -0.1) is 0 Å². The number of hydrogen-bond acceptors (Lipinski definition) is 2. The fraction of sp³-hybridized carbons (Fsp3) is 0.500. The van der Waals surface area contributed by atoms with Crippen LogP contribution in [0.3, 0.4) is 0 Å². The van der Waals surface area contributed by atoms with E-state index in [0.29, 0.717) is 12.1 Å². The number of piperidine rings is 1. The number of anilines is 1. The Morgan fingerprint density at radius 2 is 2.00 bits per heavy atom. The van der Waals surface area contributed by atoms with E-state index >= 15 is 0 Å². The minimum Gasteiger partial charge on any atom is -0.370 e. The standard InChI is InChI=1S/C12H18N2.FH/c1-10-6-5-9-13-12(10)14-11-7-3-2-4-8-11;/h2-4,7-8,10,12-14H,5-6,9H2,1H3;1H. The van der Waals surface area contributed by atoms with Gasteiger partial charge < -0.3 is 5.32 Å². The maximum absolute atomic E-state index is 3.52. The summed E-state index contributed by atoms with van der Waals surface area (Å²) in [5.41, 5.74) is 1.21. The quantitative estimate of drug-likeness (QED) is 0.784. The Balaban J connectivity index is 0.00000112. The minimum absolute atomic E-state index is 0. The Kier molecular flexibility index (Phi) is 4.56.